The van der Waals surface area contributed by atoms with Crippen molar-refractivity contribution in [3.63, 3.8) is 0 Å². The van der Waals surface area contributed by atoms with E-state index in [9.17, 15) is 0 Å². The van der Waals surface area contributed by atoms with Gasteiger partial charge in [-0.25, -0.2) is 0 Å². The molecule has 4 unspecified atom stereocenters. The molecular weight excluding hydrogens is 164 g/mol. The topological polar surface area (TPSA) is 45.0 Å². The maximum Gasteiger partial charge on any atom is 0.0733 e. The number of nitrogens with one attached hydrogen (secondary N) is 1. The van der Waals surface area contributed by atoms with Gasteiger partial charge in [0.05, 0.1) is 24.2 Å². The average molecular weight is 180 g/mol. The maximum atomic E-state index is 8.62. The molecule has 2 aliphatic rings. The summed E-state index contributed by atoms with van der Waals surface area (Å²) in [6.07, 6.45) is 4.50. The van der Waals surface area contributed by atoms with E-state index in [0.29, 0.717) is 18.2 Å². The lowest BCUT2D eigenvalue weighted by Gasteiger charge is -2.20. The minimum atomic E-state index is 0.110. The van der Waals surface area contributed by atoms with Crippen LogP contribution in [0.3, 0.4) is 0 Å². The lowest BCUT2D eigenvalue weighted by molar-refractivity contribution is 0.0972. The number of ether oxygens (including phenoxy) is 1. The summed E-state index contributed by atoms with van der Waals surface area (Å²) in [5.41, 5.74) is 0. The number of nitrogens with zero attached hydrogens (tertiary/aromatic N) is 1. The van der Waals surface area contributed by atoms with Gasteiger partial charge < -0.3 is 10.1 Å². The van der Waals surface area contributed by atoms with E-state index in [2.05, 4.69) is 11.4 Å². The molecule has 2 heterocycles. The molecule has 0 aromatic rings. The first-order chi connectivity index (χ1) is 6.29. The summed E-state index contributed by atoms with van der Waals surface area (Å²) in [4.78, 5) is 0. The predicted octanol–water partition coefficient (Wildman–Crippen LogP) is 1.06. The van der Waals surface area contributed by atoms with Crippen molar-refractivity contribution in [1.29, 1.82) is 5.26 Å². The molecule has 3 heteroatoms. The van der Waals surface area contributed by atoms with Crippen LogP contribution in [0.2, 0.25) is 0 Å². The Labute approximate surface area is 79.1 Å². The zero-order chi connectivity index (χ0) is 9.26. The van der Waals surface area contributed by atoms with Crippen LogP contribution in [-0.2, 0) is 4.74 Å². The summed E-state index contributed by atoms with van der Waals surface area (Å²) in [5.74, 6) is 0.110. The Kier molecular flexibility index (Phi) is 2.52. The largest absolute Gasteiger partial charge is 0.373 e. The summed E-state index contributed by atoms with van der Waals surface area (Å²) in [6.45, 7) is 2.74. The Morgan fingerprint density at radius 2 is 2.46 bits per heavy atom. The van der Waals surface area contributed by atoms with E-state index >= 15 is 0 Å². The molecule has 2 aliphatic heterocycles. The fourth-order valence-corrected chi connectivity index (χ4v) is 2.23. The van der Waals surface area contributed by atoms with Crippen LogP contribution >= 0.6 is 0 Å². The Morgan fingerprint density at radius 3 is 3.00 bits per heavy atom. The van der Waals surface area contributed by atoms with Crippen LogP contribution in [-0.4, -0.2) is 24.8 Å². The average Bonchev–Trinajstić information content (AvgIpc) is 2.74. The van der Waals surface area contributed by atoms with Gasteiger partial charge in [-0.1, -0.05) is 0 Å². The minimum absolute atomic E-state index is 0.110. The molecule has 0 aromatic carbocycles. The first kappa shape index (κ1) is 8.98. The van der Waals surface area contributed by atoms with Crippen molar-refractivity contribution in [2.45, 2.75) is 44.4 Å². The standard InChI is InChI=1S/C10H16N2O/c1-7(5-11)6-12-9-4-8-2-3-10(9)13-8/h7-10,12H,2-4,6H2,1H3. The van der Waals surface area contributed by atoms with Crippen LogP contribution in [0.25, 0.3) is 0 Å². The van der Waals surface area contributed by atoms with Crippen molar-refractivity contribution in [2.24, 2.45) is 5.92 Å². The molecule has 0 amide bonds. The number of fused-ring (bicyclic) bond motifs is 2. The van der Waals surface area contributed by atoms with Gasteiger partial charge in [-0.15, -0.1) is 0 Å². The van der Waals surface area contributed by atoms with Crippen molar-refractivity contribution in [1.82, 2.24) is 5.32 Å². The Hall–Kier alpha value is -0.590. The van der Waals surface area contributed by atoms with E-state index in [1.54, 1.807) is 0 Å². The SMILES string of the molecule is CC(C#N)CNC1CC2CCC1O2. The molecule has 1 N–H and O–H groups in total. The van der Waals surface area contributed by atoms with Crippen LogP contribution in [0.15, 0.2) is 0 Å². The summed E-state index contributed by atoms with van der Waals surface area (Å²) < 4.78 is 5.71. The third-order valence-corrected chi connectivity index (χ3v) is 3.01. The van der Waals surface area contributed by atoms with Crippen LogP contribution in [0.4, 0.5) is 0 Å². The second-order valence-electron chi connectivity index (χ2n) is 4.15. The quantitative estimate of drug-likeness (QED) is 0.706. The molecule has 0 radical (unpaired) electrons. The summed E-state index contributed by atoms with van der Waals surface area (Å²) in [5, 5.41) is 12.0. The normalized spacial score (nSPS) is 38.9. The zero-order valence-electron chi connectivity index (χ0n) is 7.99. The predicted molar refractivity (Wildman–Crippen MR) is 49.1 cm³/mol. The number of hydrogen-bond donors (Lipinski definition) is 1. The van der Waals surface area contributed by atoms with Crippen LogP contribution in [0, 0.1) is 17.2 Å². The van der Waals surface area contributed by atoms with Gasteiger partial charge in [0.15, 0.2) is 0 Å². The van der Waals surface area contributed by atoms with E-state index in [1.165, 1.54) is 12.8 Å². The van der Waals surface area contributed by atoms with Crippen molar-refractivity contribution in [2.75, 3.05) is 6.54 Å². The van der Waals surface area contributed by atoms with Gasteiger partial charge in [0.1, 0.15) is 0 Å². The van der Waals surface area contributed by atoms with Gasteiger partial charge in [-0.2, -0.15) is 5.26 Å². The molecule has 2 rings (SSSR count). The highest BCUT2D eigenvalue weighted by molar-refractivity contribution is 4.95. The Morgan fingerprint density at radius 1 is 1.62 bits per heavy atom. The van der Waals surface area contributed by atoms with Crippen molar-refractivity contribution < 1.29 is 4.74 Å². The van der Waals surface area contributed by atoms with Gasteiger partial charge in [0.25, 0.3) is 0 Å². The number of rotatable bonds is 3. The van der Waals surface area contributed by atoms with E-state index in [4.69, 9.17) is 10.00 Å². The molecular formula is C10H16N2O. The van der Waals surface area contributed by atoms with E-state index in [-0.39, 0.29) is 5.92 Å². The molecule has 3 nitrogen and oxygen atoms in total. The van der Waals surface area contributed by atoms with Gasteiger partial charge in [0, 0.05) is 12.6 Å². The molecule has 0 aliphatic carbocycles. The van der Waals surface area contributed by atoms with Crippen LogP contribution in [0.1, 0.15) is 26.2 Å². The fourth-order valence-electron chi connectivity index (χ4n) is 2.23. The van der Waals surface area contributed by atoms with Gasteiger partial charge in [-0.05, 0) is 26.2 Å². The highest BCUT2D eigenvalue weighted by atomic mass is 16.5. The molecule has 13 heavy (non-hydrogen) atoms. The fraction of sp³-hybridized carbons (Fsp3) is 0.900. The molecule has 2 bridgehead atoms. The van der Waals surface area contributed by atoms with Crippen LogP contribution < -0.4 is 5.32 Å². The highest BCUT2D eigenvalue weighted by Crippen LogP contribution is 2.34. The summed E-state index contributed by atoms with van der Waals surface area (Å²) >= 11 is 0. The zero-order valence-corrected chi connectivity index (χ0v) is 7.99. The molecule has 0 saturated carbocycles. The Bertz CT molecular complexity index is 223. The van der Waals surface area contributed by atoms with E-state index < -0.39 is 0 Å². The second kappa shape index (κ2) is 3.65. The highest BCUT2D eigenvalue weighted by Gasteiger charge is 2.40. The lowest BCUT2D eigenvalue weighted by Crippen LogP contribution is -2.39. The third kappa shape index (κ3) is 1.84. The maximum absolute atomic E-state index is 8.62. The lowest BCUT2D eigenvalue weighted by atomic mass is 9.95. The third-order valence-electron chi connectivity index (χ3n) is 3.01. The van der Waals surface area contributed by atoms with E-state index in [1.807, 2.05) is 6.92 Å². The van der Waals surface area contributed by atoms with Gasteiger partial charge in [-0.3, -0.25) is 0 Å². The number of nitriles is 1. The second-order valence-corrected chi connectivity index (χ2v) is 4.15. The molecule has 0 aromatic heterocycles. The minimum Gasteiger partial charge on any atom is -0.373 e. The van der Waals surface area contributed by atoms with E-state index in [0.717, 1.165) is 13.0 Å². The first-order valence-electron chi connectivity index (χ1n) is 5.08. The smallest absolute Gasteiger partial charge is 0.0733 e. The number of hydrogen-bond acceptors (Lipinski definition) is 3. The van der Waals surface area contributed by atoms with Gasteiger partial charge >= 0.3 is 0 Å². The van der Waals surface area contributed by atoms with Crippen molar-refractivity contribution >= 4 is 0 Å². The van der Waals surface area contributed by atoms with Crippen LogP contribution in [0.5, 0.6) is 0 Å². The molecule has 2 saturated heterocycles. The van der Waals surface area contributed by atoms with Crippen molar-refractivity contribution in [3.8, 4) is 6.07 Å². The Balaban J connectivity index is 1.75. The first-order valence-corrected chi connectivity index (χ1v) is 5.08. The monoisotopic (exact) mass is 180 g/mol. The summed E-state index contributed by atoms with van der Waals surface area (Å²) in [6, 6.07) is 2.74. The molecule has 72 valence electrons. The van der Waals surface area contributed by atoms with Gasteiger partial charge in [0.2, 0.25) is 0 Å². The summed E-state index contributed by atoms with van der Waals surface area (Å²) in [7, 11) is 0. The van der Waals surface area contributed by atoms with Crippen molar-refractivity contribution in [3.05, 3.63) is 0 Å². The molecule has 2 fully saturated rings. The molecule has 4 atom stereocenters. The molecule has 0 spiro atoms.